The Kier molecular flexibility index (Phi) is 6.16. The molecule has 2 rings (SSSR count). The van der Waals surface area contributed by atoms with Crippen LogP contribution in [0, 0.1) is 5.92 Å². The number of hydrogen-bond donors (Lipinski definition) is 1. The molecule has 146 valence electrons. The smallest absolute Gasteiger partial charge is 0.211 e. The lowest BCUT2D eigenvalue weighted by Crippen LogP contribution is -2.43. The van der Waals surface area contributed by atoms with Crippen molar-refractivity contribution < 1.29 is 30.0 Å². The maximum atomic E-state index is 12.8. The number of piperidine rings is 1. The summed E-state index contributed by atoms with van der Waals surface area (Å²) < 4.78 is 90.0. The molecule has 1 N–H and O–H groups in total. The van der Waals surface area contributed by atoms with Crippen molar-refractivity contribution in [2.75, 3.05) is 19.6 Å². The average molecular weight is 412 g/mol. The van der Waals surface area contributed by atoms with Gasteiger partial charge in [0, 0.05) is 25.0 Å². The van der Waals surface area contributed by atoms with Crippen molar-refractivity contribution in [1.29, 1.82) is 0 Å². The fourth-order valence-corrected chi connectivity index (χ4v) is 4.87. The molecule has 0 spiro atoms. The third-order valence-electron chi connectivity index (χ3n) is 4.07. The van der Waals surface area contributed by atoms with Crippen molar-refractivity contribution in [1.82, 2.24) is 9.03 Å². The second-order valence-electron chi connectivity index (χ2n) is 5.96. The Morgan fingerprint density at radius 2 is 1.96 bits per heavy atom. The Hall–Kier alpha value is -1.43. The number of benzene rings is 1. The van der Waals surface area contributed by atoms with Crippen molar-refractivity contribution in [3.63, 3.8) is 0 Å². The van der Waals surface area contributed by atoms with Gasteiger partial charge in [0.1, 0.15) is 0 Å². The van der Waals surface area contributed by atoms with Crippen molar-refractivity contribution in [3.05, 3.63) is 41.8 Å². The summed E-state index contributed by atoms with van der Waals surface area (Å²) in [6.07, 6.45) is -3.55. The van der Waals surface area contributed by atoms with E-state index < -0.39 is 36.7 Å². The number of rotatable bonds is 6. The molecule has 0 aliphatic carbocycles. The molecule has 1 saturated heterocycles. The zero-order valence-corrected chi connectivity index (χ0v) is 15.4. The van der Waals surface area contributed by atoms with Gasteiger partial charge in [-0.25, -0.2) is 21.6 Å². The van der Waals surface area contributed by atoms with Crippen LogP contribution < -0.4 is 4.72 Å². The number of hydrogen-bond acceptors (Lipinski definition) is 4. The second kappa shape index (κ2) is 7.67. The fraction of sp³-hybridized carbons (Fsp3) is 0.467. The maximum Gasteiger partial charge on any atom is 0.416 e. The van der Waals surface area contributed by atoms with Crippen LogP contribution in [-0.4, -0.2) is 40.8 Å². The van der Waals surface area contributed by atoms with Crippen LogP contribution in [0.2, 0.25) is 0 Å². The Balaban J connectivity index is 2.17. The summed E-state index contributed by atoms with van der Waals surface area (Å²) in [5, 5.41) is 0.757. The Bertz CT molecular complexity index is 867. The van der Waals surface area contributed by atoms with Crippen LogP contribution in [0.5, 0.6) is 0 Å². The van der Waals surface area contributed by atoms with Crippen molar-refractivity contribution >= 4 is 20.0 Å². The van der Waals surface area contributed by atoms with E-state index in [2.05, 4.69) is 11.3 Å². The van der Waals surface area contributed by atoms with E-state index in [-0.39, 0.29) is 25.6 Å². The van der Waals surface area contributed by atoms with Crippen LogP contribution in [0.3, 0.4) is 0 Å². The molecular weight excluding hydrogens is 393 g/mol. The molecule has 0 saturated carbocycles. The standard InChI is InChI=1S/C15H19F3N2O4S2/c1-2-25(21,22)19-10-12-5-4-8-20(11-12)26(23,24)14-7-3-6-13(9-14)15(16,17)18/h2-3,6-7,9,12,19H,1,4-5,8,10-11H2/t12-/m1/s1. The molecule has 6 nitrogen and oxygen atoms in total. The molecule has 11 heteroatoms. The highest BCUT2D eigenvalue weighted by Crippen LogP contribution is 2.32. The van der Waals surface area contributed by atoms with Gasteiger partial charge in [-0.1, -0.05) is 12.6 Å². The first kappa shape index (κ1) is 20.9. The molecule has 1 aromatic carbocycles. The van der Waals surface area contributed by atoms with Crippen molar-refractivity contribution in [3.8, 4) is 0 Å². The molecule has 1 aliphatic heterocycles. The first-order chi connectivity index (χ1) is 12.0. The monoisotopic (exact) mass is 412 g/mol. The Morgan fingerprint density at radius 3 is 2.58 bits per heavy atom. The number of nitrogens with one attached hydrogen (secondary N) is 1. The third kappa shape index (κ3) is 5.06. The topological polar surface area (TPSA) is 83.6 Å². The predicted octanol–water partition coefficient (Wildman–Crippen LogP) is 2.17. The van der Waals surface area contributed by atoms with Gasteiger partial charge in [-0.2, -0.15) is 17.5 Å². The highest BCUT2D eigenvalue weighted by Gasteiger charge is 2.34. The molecule has 0 unspecified atom stereocenters. The van der Waals surface area contributed by atoms with Gasteiger partial charge in [-0.15, -0.1) is 0 Å². The molecule has 1 aromatic rings. The van der Waals surface area contributed by atoms with E-state index in [9.17, 15) is 30.0 Å². The summed E-state index contributed by atoms with van der Waals surface area (Å²) in [6, 6.07) is 3.59. The van der Waals surface area contributed by atoms with E-state index in [4.69, 9.17) is 0 Å². The zero-order valence-electron chi connectivity index (χ0n) is 13.7. The van der Waals surface area contributed by atoms with Crippen LogP contribution in [0.1, 0.15) is 18.4 Å². The summed E-state index contributed by atoms with van der Waals surface area (Å²) in [7, 11) is -7.73. The number of sulfonamides is 2. The Labute approximate surface area is 150 Å². The fourth-order valence-electron chi connectivity index (χ4n) is 2.69. The van der Waals surface area contributed by atoms with E-state index in [1.807, 2.05) is 0 Å². The molecular formula is C15H19F3N2O4S2. The number of alkyl halides is 3. The van der Waals surface area contributed by atoms with Crippen molar-refractivity contribution in [2.24, 2.45) is 5.92 Å². The van der Waals surface area contributed by atoms with E-state index in [1.54, 1.807) is 0 Å². The van der Waals surface area contributed by atoms with Crippen LogP contribution in [0.15, 0.2) is 41.1 Å². The van der Waals surface area contributed by atoms with Crippen LogP contribution in [0.4, 0.5) is 13.2 Å². The number of halogens is 3. The van der Waals surface area contributed by atoms with Gasteiger partial charge in [0.15, 0.2) is 0 Å². The van der Waals surface area contributed by atoms with Gasteiger partial charge in [0.2, 0.25) is 20.0 Å². The summed E-state index contributed by atoms with van der Waals surface area (Å²) in [6.45, 7) is 3.40. The van der Waals surface area contributed by atoms with Gasteiger partial charge >= 0.3 is 6.18 Å². The maximum absolute atomic E-state index is 12.8. The molecule has 0 radical (unpaired) electrons. The lowest BCUT2D eigenvalue weighted by atomic mass is 10.0. The highest BCUT2D eigenvalue weighted by atomic mass is 32.2. The first-order valence-corrected chi connectivity index (χ1v) is 10.7. The molecule has 1 atom stereocenters. The molecule has 0 aromatic heterocycles. The molecule has 26 heavy (non-hydrogen) atoms. The lowest BCUT2D eigenvalue weighted by molar-refractivity contribution is -0.137. The third-order valence-corrected chi connectivity index (χ3v) is 6.94. The summed E-state index contributed by atoms with van der Waals surface area (Å²) in [5.74, 6) is -0.279. The SMILES string of the molecule is C=CS(=O)(=O)NC[C@H]1CCCN(S(=O)(=O)c2cccc(C(F)(F)F)c2)C1. The molecule has 1 aliphatic rings. The normalized spacial score (nSPS) is 20.0. The van der Waals surface area contributed by atoms with Crippen LogP contribution >= 0.6 is 0 Å². The molecule has 1 fully saturated rings. The molecule has 0 amide bonds. The predicted molar refractivity (Wildman–Crippen MR) is 90.0 cm³/mol. The van der Waals surface area contributed by atoms with Crippen molar-refractivity contribution in [2.45, 2.75) is 23.9 Å². The van der Waals surface area contributed by atoms with Crippen LogP contribution in [0.25, 0.3) is 0 Å². The average Bonchev–Trinajstić information content (AvgIpc) is 2.60. The van der Waals surface area contributed by atoms with E-state index in [0.29, 0.717) is 18.9 Å². The second-order valence-corrected chi connectivity index (χ2v) is 9.61. The van der Waals surface area contributed by atoms with E-state index >= 15 is 0 Å². The van der Waals surface area contributed by atoms with Gasteiger partial charge in [-0.05, 0) is 37.0 Å². The minimum absolute atomic E-state index is 0.0260. The van der Waals surface area contributed by atoms with Crippen LogP contribution in [-0.2, 0) is 26.2 Å². The van der Waals surface area contributed by atoms with Gasteiger partial charge < -0.3 is 0 Å². The zero-order chi connectivity index (χ0) is 19.6. The minimum Gasteiger partial charge on any atom is -0.211 e. The van der Waals surface area contributed by atoms with E-state index in [1.165, 1.54) is 0 Å². The number of nitrogens with zero attached hydrogens (tertiary/aromatic N) is 1. The summed E-state index contributed by atoms with van der Waals surface area (Å²) in [5.41, 5.74) is -1.04. The van der Waals surface area contributed by atoms with Gasteiger partial charge in [0.05, 0.1) is 10.5 Å². The summed E-state index contributed by atoms with van der Waals surface area (Å²) >= 11 is 0. The lowest BCUT2D eigenvalue weighted by Gasteiger charge is -2.32. The first-order valence-electron chi connectivity index (χ1n) is 7.75. The largest absolute Gasteiger partial charge is 0.416 e. The quantitative estimate of drug-likeness (QED) is 0.776. The van der Waals surface area contributed by atoms with Gasteiger partial charge in [0.25, 0.3) is 0 Å². The molecule has 1 heterocycles. The highest BCUT2D eigenvalue weighted by molar-refractivity contribution is 7.92. The Morgan fingerprint density at radius 1 is 1.27 bits per heavy atom. The van der Waals surface area contributed by atoms with Gasteiger partial charge in [-0.3, -0.25) is 0 Å². The summed E-state index contributed by atoms with van der Waals surface area (Å²) in [4.78, 5) is -0.431. The van der Waals surface area contributed by atoms with E-state index in [0.717, 1.165) is 27.9 Å². The minimum atomic E-state index is -4.64. The molecule has 0 bridgehead atoms.